The van der Waals surface area contributed by atoms with E-state index in [0.29, 0.717) is 59.8 Å². The molecular formula is C66H97B2Cl3N6O17S3. The highest BCUT2D eigenvalue weighted by Crippen LogP contribution is 2.32. The van der Waals surface area contributed by atoms with Crippen molar-refractivity contribution in [3.63, 3.8) is 0 Å². The molecule has 0 bridgehead atoms. The molecule has 3 aliphatic rings. The number of carbonyl (C=O) groups is 8. The van der Waals surface area contributed by atoms with Crippen LogP contribution in [0.4, 0.5) is 0 Å². The summed E-state index contributed by atoms with van der Waals surface area (Å²) >= 11 is 20.0. The molecule has 3 aromatic carbocycles. The Hall–Kier alpha value is -4.97. The summed E-state index contributed by atoms with van der Waals surface area (Å²) in [4.78, 5) is 106. The highest BCUT2D eigenvalue weighted by Gasteiger charge is 2.46. The summed E-state index contributed by atoms with van der Waals surface area (Å²) in [5.74, 6) is -3.56. The Morgan fingerprint density at radius 2 is 0.897 bits per heavy atom. The number of Topliss-reactive ketones (excluding diaryl/α,β-unsaturated/α-hetero) is 3. The maximum absolute atomic E-state index is 13.4. The number of aliphatic hydroxyl groups is 1. The lowest BCUT2D eigenvalue weighted by Gasteiger charge is -2.39. The first-order valence-electron chi connectivity index (χ1n) is 32.2. The number of carbonyl (C=O) groups excluding carboxylic acids is 8. The lowest BCUT2D eigenvalue weighted by atomic mass is 9.87. The average molecular weight is 1470 g/mol. The van der Waals surface area contributed by atoms with Gasteiger partial charge in [0.2, 0.25) is 0 Å². The molecule has 97 heavy (non-hydrogen) atoms. The summed E-state index contributed by atoms with van der Waals surface area (Å²) in [7, 11) is -8.34. The molecule has 3 aliphatic heterocycles. The van der Waals surface area contributed by atoms with Gasteiger partial charge in [-0.1, -0.05) is 115 Å². The number of benzene rings is 3. The monoisotopic (exact) mass is 1470 g/mol. The first kappa shape index (κ1) is 84.4. The third-order valence-electron chi connectivity index (χ3n) is 16.4. The first-order valence-corrected chi connectivity index (χ1v) is 38.1. The number of halogens is 3. The maximum Gasteiger partial charge on any atom is 0.373 e. The lowest BCUT2D eigenvalue weighted by Crippen LogP contribution is -2.59. The van der Waals surface area contributed by atoms with Crippen molar-refractivity contribution in [2.24, 2.45) is 22.0 Å². The average Bonchev–Trinajstić information content (AvgIpc) is 0.821. The maximum atomic E-state index is 13.4. The Morgan fingerprint density at radius 1 is 0.557 bits per heavy atom. The Kier molecular flexibility index (Phi) is 32.3. The number of ether oxygens (including phenoxy) is 2. The number of rotatable bonds is 24. The van der Waals surface area contributed by atoms with Gasteiger partial charge in [0.05, 0.1) is 29.1 Å². The molecule has 0 aromatic heterocycles. The van der Waals surface area contributed by atoms with Gasteiger partial charge < -0.3 is 55.5 Å². The molecule has 0 spiro atoms. The molecule has 3 saturated heterocycles. The van der Waals surface area contributed by atoms with E-state index in [-0.39, 0.29) is 67.8 Å². The molecule has 23 nitrogen and oxygen atoms in total. The van der Waals surface area contributed by atoms with Gasteiger partial charge in [-0.25, -0.2) is 16.8 Å². The number of sulfone groups is 2. The summed E-state index contributed by atoms with van der Waals surface area (Å²) in [6.45, 7) is 22.9. The zero-order valence-electron chi connectivity index (χ0n) is 57.9. The topological polar surface area (TPSA) is 344 Å². The predicted molar refractivity (Wildman–Crippen MR) is 380 cm³/mol. The minimum Gasteiger partial charge on any atom is -0.452 e. The number of amides is 3. The summed E-state index contributed by atoms with van der Waals surface area (Å²) in [6.07, 6.45) is -2.04. The minimum atomic E-state index is -3.52. The molecule has 6 atom stereocenters. The van der Waals surface area contributed by atoms with Crippen molar-refractivity contribution < 1.29 is 79.8 Å². The van der Waals surface area contributed by atoms with E-state index < -0.39 is 127 Å². The third kappa shape index (κ3) is 26.8. The summed E-state index contributed by atoms with van der Waals surface area (Å²) in [6, 6.07) is 13.2. The van der Waals surface area contributed by atoms with Crippen molar-refractivity contribution in [1.29, 1.82) is 0 Å². The van der Waals surface area contributed by atoms with Crippen LogP contribution < -0.4 is 16.2 Å². The molecule has 538 valence electrons. The standard InChI is InChI=1S/C23H34BClN2O7S.C23H34BClN2O5S.C20H29ClN2O5S/c1-15(28)34-21(23(2,3)4)22(30)27-10-11-35(32,33)14-19(27)20(29)9-7-16-12-18(25)8-6-17(16)13-26-24(5)31;1-15(28)32-21(23(2,3)4)22(30)27-10-11-33-14-19(27)20(29)9-7-16-12-18(25)8-6-17(16)13-26-24(5)31;1-20(2,3)18(25)19(26)23-8-9-29(27,28)12-16(23)17(24)7-5-13-10-15(21)6-4-14(13)11-22/h6,8,12,19,21,26,31H,7,9-11,13-14H2,1-5H3;6,8,12,19,21,26,31H,7,9-11,13-14H2,1-5H3;4,6,10,16,18,25H,5,7-9,11-12,22H2,1-3H3/t2*19-,21-;16-,18-/m000/s1. The van der Waals surface area contributed by atoms with Crippen LogP contribution in [0.1, 0.15) is 129 Å². The normalized spacial score (nSPS) is 18.7. The van der Waals surface area contributed by atoms with Gasteiger partial charge in [-0.15, -0.1) is 0 Å². The van der Waals surface area contributed by atoms with Gasteiger partial charge in [0.25, 0.3) is 17.7 Å². The number of ketones is 3. The second-order valence-electron chi connectivity index (χ2n) is 27.9. The molecule has 0 unspecified atom stereocenters. The molecular weight excluding hydrogens is 1370 g/mol. The van der Waals surface area contributed by atoms with Crippen LogP contribution in [0.3, 0.4) is 0 Å². The zero-order valence-corrected chi connectivity index (χ0v) is 62.6. The number of esters is 2. The van der Waals surface area contributed by atoms with E-state index in [9.17, 15) is 70.3 Å². The first-order chi connectivity index (χ1) is 44.9. The fourth-order valence-corrected chi connectivity index (χ4v) is 15.6. The van der Waals surface area contributed by atoms with E-state index in [0.717, 1.165) is 39.1 Å². The Labute approximate surface area is 592 Å². The summed E-state index contributed by atoms with van der Waals surface area (Å²) in [5, 5.41) is 36.9. The van der Waals surface area contributed by atoms with Gasteiger partial charge in [-0.05, 0) is 108 Å². The third-order valence-corrected chi connectivity index (χ3v) is 21.4. The highest BCUT2D eigenvalue weighted by molar-refractivity contribution is 7.99. The van der Waals surface area contributed by atoms with Crippen molar-refractivity contribution in [3.8, 4) is 0 Å². The van der Waals surface area contributed by atoms with E-state index in [4.69, 9.17) is 50.0 Å². The number of aliphatic hydroxyl groups excluding tert-OH is 1. The van der Waals surface area contributed by atoms with Crippen LogP contribution in [0.25, 0.3) is 0 Å². The molecule has 3 fully saturated rings. The SMILES string of the molecule is CB(O)NCc1ccc(Cl)cc1CCC(=O)[C@@H]1CS(=O)(=O)CCN1C(=O)[C@H](OC(C)=O)C(C)(C)C.CB(O)NCc1ccc(Cl)cc1CCC(=O)[C@@H]1CSCCN1C(=O)[C@H](OC(C)=O)C(C)(C)C.CC(C)(C)[C@@H](O)C(=O)N1CCS(=O)(=O)C[C@H]1C(=O)CCc1cc(Cl)ccc1CN. The molecule has 6 rings (SSSR count). The molecule has 0 saturated carbocycles. The number of hydrogen-bond donors (Lipinski definition) is 6. The van der Waals surface area contributed by atoms with Crippen LogP contribution in [0.2, 0.25) is 28.7 Å². The molecule has 31 heteroatoms. The quantitative estimate of drug-likeness (QED) is 0.0446. The number of nitrogens with zero attached hydrogens (tertiary/aromatic N) is 3. The molecule has 3 heterocycles. The van der Waals surface area contributed by atoms with Crippen LogP contribution in [0.15, 0.2) is 54.6 Å². The zero-order chi connectivity index (χ0) is 73.3. The molecule has 3 amide bonds. The number of nitrogens with one attached hydrogen (secondary N) is 2. The van der Waals surface area contributed by atoms with E-state index >= 15 is 0 Å². The predicted octanol–water partition coefficient (Wildman–Crippen LogP) is 5.94. The highest BCUT2D eigenvalue weighted by atomic mass is 35.5. The van der Waals surface area contributed by atoms with Crippen molar-refractivity contribution >= 4 is 127 Å². The number of nitrogens with two attached hydrogens (primary N) is 1. The molecule has 0 aliphatic carbocycles. The Morgan fingerprint density at radius 3 is 1.24 bits per heavy atom. The molecule has 0 radical (unpaired) electrons. The number of hydrogen-bond acceptors (Lipinski definition) is 21. The van der Waals surface area contributed by atoms with E-state index in [1.165, 1.54) is 23.6 Å². The lowest BCUT2D eigenvalue weighted by molar-refractivity contribution is -0.167. The summed E-state index contributed by atoms with van der Waals surface area (Å²) < 4.78 is 59.7. The molecule has 7 N–H and O–H groups in total. The van der Waals surface area contributed by atoms with Gasteiger partial charge in [-0.3, -0.25) is 38.4 Å². The van der Waals surface area contributed by atoms with E-state index in [1.807, 2.05) is 32.9 Å². The largest absolute Gasteiger partial charge is 0.452 e. The van der Waals surface area contributed by atoms with E-state index in [1.54, 1.807) is 114 Å². The smallest absolute Gasteiger partial charge is 0.373 e. The Balaban J connectivity index is 0.000000311. The van der Waals surface area contributed by atoms with E-state index in [2.05, 4.69) is 10.5 Å². The van der Waals surface area contributed by atoms with Crippen molar-refractivity contribution in [2.75, 3.05) is 54.2 Å². The van der Waals surface area contributed by atoms with Crippen molar-refractivity contribution in [1.82, 2.24) is 25.2 Å². The van der Waals surface area contributed by atoms with Gasteiger partial charge >= 0.3 is 26.0 Å². The van der Waals surface area contributed by atoms with Crippen LogP contribution >= 0.6 is 46.6 Å². The number of thioether (sulfide) groups is 1. The van der Waals surface area contributed by atoms with Crippen LogP contribution in [0, 0.1) is 16.2 Å². The fraction of sp³-hybridized carbons (Fsp3) is 0.606. The number of aryl methyl sites for hydroxylation is 3. The van der Waals surface area contributed by atoms with Crippen molar-refractivity contribution in [3.05, 3.63) is 103 Å². The van der Waals surface area contributed by atoms with Gasteiger partial charge in [-0.2, -0.15) is 11.8 Å². The van der Waals surface area contributed by atoms with Crippen LogP contribution in [-0.2, 0) is 106 Å². The van der Waals surface area contributed by atoms with Gasteiger partial charge in [0, 0.05) is 110 Å². The van der Waals surface area contributed by atoms with Gasteiger partial charge in [0.15, 0.2) is 49.2 Å². The minimum absolute atomic E-state index is 0.0141. The van der Waals surface area contributed by atoms with Gasteiger partial charge in [0.1, 0.15) is 18.2 Å². The van der Waals surface area contributed by atoms with Crippen LogP contribution in [-0.4, -0.2) is 198 Å². The Bertz CT molecular complexity index is 3510. The second-order valence-corrected chi connectivity index (χ2v) is 34.8. The van der Waals surface area contributed by atoms with Crippen LogP contribution in [0.5, 0.6) is 0 Å². The summed E-state index contributed by atoms with van der Waals surface area (Å²) in [5.41, 5.74) is 8.86. The fourth-order valence-electron chi connectivity index (χ4n) is 11.0. The van der Waals surface area contributed by atoms with Crippen molar-refractivity contribution in [2.45, 2.75) is 184 Å². The second kappa shape index (κ2) is 37.1. The molecule has 3 aromatic rings.